The molecule has 0 aliphatic carbocycles. The first-order chi connectivity index (χ1) is 15.8. The Morgan fingerprint density at radius 3 is 2.58 bits per heavy atom. The summed E-state index contributed by atoms with van der Waals surface area (Å²) in [5, 5.41) is 9.67. The normalized spacial score (nSPS) is 32.1. The summed E-state index contributed by atoms with van der Waals surface area (Å²) in [5.41, 5.74) is 0. The van der Waals surface area contributed by atoms with Crippen LogP contribution in [0.1, 0.15) is 32.6 Å². The SMILES string of the molecule is C=CCN(C)C(=O)[C@H]1[C@@H]2SC3(CC2Br)C(C(=O)N(CC=C)CCCCC)N(CCO)C(=O)[C@H]13. The van der Waals surface area contributed by atoms with Gasteiger partial charge in [-0.3, -0.25) is 14.4 Å². The number of hydrogen-bond acceptors (Lipinski definition) is 5. The number of aliphatic hydroxyl groups excluding tert-OH is 1. The molecule has 0 aromatic rings. The lowest BCUT2D eigenvalue weighted by molar-refractivity contribution is -0.144. The number of carbonyl (C=O) groups is 3. The zero-order chi connectivity index (χ0) is 24.3. The Kier molecular flexibility index (Phi) is 8.72. The predicted molar refractivity (Wildman–Crippen MR) is 135 cm³/mol. The van der Waals surface area contributed by atoms with Gasteiger partial charge in [0.15, 0.2) is 0 Å². The van der Waals surface area contributed by atoms with Crippen molar-refractivity contribution >= 4 is 45.4 Å². The molecule has 6 atom stereocenters. The highest BCUT2D eigenvalue weighted by Crippen LogP contribution is 2.68. The van der Waals surface area contributed by atoms with E-state index in [1.807, 2.05) is 0 Å². The van der Waals surface area contributed by atoms with Crippen LogP contribution in [0.5, 0.6) is 0 Å². The van der Waals surface area contributed by atoms with Crippen LogP contribution in [0.25, 0.3) is 0 Å². The van der Waals surface area contributed by atoms with Gasteiger partial charge in [0.25, 0.3) is 0 Å². The average Bonchev–Trinajstić information content (AvgIpc) is 3.36. The van der Waals surface area contributed by atoms with E-state index in [1.54, 1.807) is 45.7 Å². The highest BCUT2D eigenvalue weighted by atomic mass is 79.9. The molecule has 0 radical (unpaired) electrons. The molecule has 0 aromatic carbocycles. The van der Waals surface area contributed by atoms with E-state index in [-0.39, 0.29) is 41.0 Å². The highest BCUT2D eigenvalue weighted by molar-refractivity contribution is 9.09. The molecule has 2 bridgehead atoms. The number of thioether (sulfide) groups is 1. The summed E-state index contributed by atoms with van der Waals surface area (Å²) < 4.78 is -0.679. The Labute approximate surface area is 209 Å². The maximum atomic E-state index is 14.0. The molecule has 0 saturated carbocycles. The van der Waals surface area contributed by atoms with Crippen molar-refractivity contribution in [1.29, 1.82) is 0 Å². The van der Waals surface area contributed by atoms with Gasteiger partial charge in [0.05, 0.1) is 23.2 Å². The summed E-state index contributed by atoms with van der Waals surface area (Å²) in [6.45, 7) is 10.9. The molecule has 33 heavy (non-hydrogen) atoms. The summed E-state index contributed by atoms with van der Waals surface area (Å²) in [6, 6.07) is -0.693. The van der Waals surface area contributed by atoms with Crippen molar-refractivity contribution in [1.82, 2.24) is 14.7 Å². The second-order valence-corrected chi connectivity index (χ2v) is 11.9. The third-order valence-electron chi connectivity index (χ3n) is 7.12. The van der Waals surface area contributed by atoms with E-state index in [0.717, 1.165) is 19.3 Å². The number of halogens is 1. The maximum absolute atomic E-state index is 14.0. The summed E-state index contributed by atoms with van der Waals surface area (Å²) in [7, 11) is 1.73. The molecular weight excluding hydrogens is 506 g/mol. The number of likely N-dealkylation sites (tertiary alicyclic amines) is 1. The van der Waals surface area contributed by atoms with Gasteiger partial charge in [-0.1, -0.05) is 47.8 Å². The molecule has 3 unspecified atom stereocenters. The third-order valence-corrected chi connectivity index (χ3v) is 10.3. The number of unbranched alkanes of at least 4 members (excludes halogenated alkanes) is 2. The molecule has 7 nitrogen and oxygen atoms in total. The monoisotopic (exact) mass is 541 g/mol. The lowest BCUT2D eigenvalue weighted by atomic mass is 9.70. The van der Waals surface area contributed by atoms with Gasteiger partial charge in [0.2, 0.25) is 17.7 Å². The first-order valence-corrected chi connectivity index (χ1v) is 13.6. The third kappa shape index (κ3) is 4.52. The Morgan fingerprint density at radius 1 is 1.27 bits per heavy atom. The molecule has 3 aliphatic heterocycles. The van der Waals surface area contributed by atoms with E-state index < -0.39 is 22.6 Å². The molecule has 3 saturated heterocycles. The highest BCUT2D eigenvalue weighted by Gasteiger charge is 2.75. The number of alkyl halides is 1. The largest absolute Gasteiger partial charge is 0.395 e. The van der Waals surface area contributed by atoms with Gasteiger partial charge in [0.1, 0.15) is 6.04 Å². The molecule has 3 fully saturated rings. The van der Waals surface area contributed by atoms with Gasteiger partial charge in [-0.2, -0.15) is 0 Å². The van der Waals surface area contributed by atoms with Crippen molar-refractivity contribution in [3.8, 4) is 0 Å². The van der Waals surface area contributed by atoms with Crippen LogP contribution in [0, 0.1) is 11.8 Å². The number of β-amino-alcohol motifs (C(OH)–C–C–N with tert-alkyl or cyclic N) is 1. The molecule has 1 N–H and O–H groups in total. The number of amides is 3. The maximum Gasteiger partial charge on any atom is 0.247 e. The quantitative estimate of drug-likeness (QED) is 0.233. The van der Waals surface area contributed by atoms with Crippen LogP contribution in [-0.4, -0.2) is 98.2 Å². The van der Waals surface area contributed by atoms with Crippen LogP contribution >= 0.6 is 27.7 Å². The van der Waals surface area contributed by atoms with Crippen molar-refractivity contribution in [2.45, 2.75) is 53.5 Å². The second-order valence-electron chi connectivity index (χ2n) is 9.21. The van der Waals surface area contributed by atoms with Crippen LogP contribution in [-0.2, 0) is 14.4 Å². The fourth-order valence-electron chi connectivity index (χ4n) is 5.75. The van der Waals surface area contributed by atoms with Gasteiger partial charge in [-0.25, -0.2) is 0 Å². The van der Waals surface area contributed by atoms with Gasteiger partial charge < -0.3 is 19.8 Å². The Bertz CT molecular complexity index is 796. The molecular formula is C24H36BrN3O4S. The molecule has 3 heterocycles. The first kappa shape index (κ1) is 26.3. The minimum Gasteiger partial charge on any atom is -0.395 e. The number of carbonyl (C=O) groups excluding carboxylic acids is 3. The Hall–Kier alpha value is -1.32. The van der Waals surface area contributed by atoms with E-state index >= 15 is 0 Å². The van der Waals surface area contributed by atoms with Crippen LogP contribution in [0.3, 0.4) is 0 Å². The Balaban J connectivity index is 2.00. The number of aliphatic hydroxyl groups is 1. The van der Waals surface area contributed by atoms with Gasteiger partial charge >= 0.3 is 0 Å². The zero-order valence-corrected chi connectivity index (χ0v) is 22.0. The fraction of sp³-hybridized carbons (Fsp3) is 0.708. The van der Waals surface area contributed by atoms with Crippen molar-refractivity contribution in [2.75, 3.05) is 39.8 Å². The molecule has 3 rings (SSSR count). The molecule has 0 aromatic heterocycles. The molecule has 184 valence electrons. The van der Waals surface area contributed by atoms with Crippen molar-refractivity contribution < 1.29 is 19.5 Å². The Morgan fingerprint density at radius 2 is 1.97 bits per heavy atom. The topological polar surface area (TPSA) is 81.2 Å². The van der Waals surface area contributed by atoms with E-state index in [2.05, 4.69) is 36.0 Å². The van der Waals surface area contributed by atoms with E-state index in [0.29, 0.717) is 26.1 Å². The first-order valence-electron chi connectivity index (χ1n) is 11.8. The standard InChI is InChI=1S/C24H36BrN3O4S/c1-5-8-9-12-27(11-7-3)23(32)20-24-15-16(25)19(33-24)17(21(30)26(4)10-6-2)18(24)22(31)28(20)13-14-29/h6-7,16-20,29H,2-3,5,8-15H2,1,4H3/t16?,17-,18+,19-,20?,24?/m1/s1. The number of rotatable bonds is 12. The average molecular weight is 543 g/mol. The molecule has 1 spiro atoms. The molecule has 3 aliphatic rings. The number of nitrogens with zero attached hydrogens (tertiary/aromatic N) is 3. The van der Waals surface area contributed by atoms with Gasteiger partial charge in [0, 0.05) is 43.3 Å². The lowest BCUT2D eigenvalue weighted by Crippen LogP contribution is -2.56. The van der Waals surface area contributed by atoms with Gasteiger partial charge in [-0.15, -0.1) is 24.9 Å². The summed E-state index contributed by atoms with van der Waals surface area (Å²) in [4.78, 5) is 46.1. The van der Waals surface area contributed by atoms with E-state index in [9.17, 15) is 19.5 Å². The zero-order valence-electron chi connectivity index (χ0n) is 19.6. The van der Waals surface area contributed by atoms with Crippen LogP contribution < -0.4 is 0 Å². The number of likely N-dealkylation sites (N-methyl/N-ethyl adjacent to an activating group) is 1. The minimum absolute atomic E-state index is 0.0370. The second kappa shape index (κ2) is 11.0. The van der Waals surface area contributed by atoms with Crippen molar-refractivity contribution in [3.05, 3.63) is 25.3 Å². The fourth-order valence-corrected chi connectivity index (χ4v) is 9.35. The van der Waals surface area contributed by atoms with Crippen LogP contribution in [0.2, 0.25) is 0 Å². The summed E-state index contributed by atoms with van der Waals surface area (Å²) >= 11 is 5.39. The number of fused-ring (bicyclic) bond motifs is 1. The van der Waals surface area contributed by atoms with Crippen molar-refractivity contribution in [2.24, 2.45) is 11.8 Å². The van der Waals surface area contributed by atoms with E-state index in [4.69, 9.17) is 0 Å². The lowest BCUT2D eigenvalue weighted by Gasteiger charge is -2.38. The molecule has 9 heteroatoms. The van der Waals surface area contributed by atoms with Crippen molar-refractivity contribution in [3.63, 3.8) is 0 Å². The minimum atomic E-state index is -0.693. The summed E-state index contributed by atoms with van der Waals surface area (Å²) in [5.74, 6) is -1.44. The van der Waals surface area contributed by atoms with Gasteiger partial charge in [-0.05, 0) is 12.8 Å². The smallest absolute Gasteiger partial charge is 0.247 e. The van der Waals surface area contributed by atoms with E-state index in [1.165, 1.54) is 0 Å². The van der Waals surface area contributed by atoms with Crippen LogP contribution in [0.4, 0.5) is 0 Å². The molecule has 3 amide bonds. The predicted octanol–water partition coefficient (Wildman–Crippen LogP) is 2.29. The van der Waals surface area contributed by atoms with Crippen LogP contribution in [0.15, 0.2) is 25.3 Å². The number of hydrogen-bond donors (Lipinski definition) is 1. The summed E-state index contributed by atoms with van der Waals surface area (Å²) in [6.07, 6.45) is 6.98.